The Morgan fingerprint density at radius 3 is 2.56 bits per heavy atom. The molecule has 1 rings (SSSR count). The summed E-state index contributed by atoms with van der Waals surface area (Å²) in [6.45, 7) is 0.549. The lowest BCUT2D eigenvalue weighted by Crippen LogP contribution is -2.14. The number of non-ortho nitro benzene ring substituents is 1. The molecule has 1 aromatic carbocycles. The van der Waals surface area contributed by atoms with Gasteiger partial charge >= 0.3 is 5.97 Å². The van der Waals surface area contributed by atoms with Crippen molar-refractivity contribution in [1.29, 1.82) is 0 Å². The lowest BCUT2D eigenvalue weighted by Gasteiger charge is -2.05. The Hall–Kier alpha value is -1.99. The molecule has 0 radical (unpaired) electrons. The van der Waals surface area contributed by atoms with Crippen molar-refractivity contribution in [2.75, 3.05) is 19.9 Å². The Labute approximate surface area is 104 Å². The molecule has 0 saturated heterocycles. The van der Waals surface area contributed by atoms with E-state index in [1.807, 2.05) is 0 Å². The maximum atomic E-state index is 11.3. The summed E-state index contributed by atoms with van der Waals surface area (Å²) in [5, 5.41) is 10.4. The number of nitro groups is 1. The van der Waals surface area contributed by atoms with Gasteiger partial charge in [-0.1, -0.05) is 12.1 Å². The predicted molar refractivity (Wildman–Crippen MR) is 62.8 cm³/mol. The van der Waals surface area contributed by atoms with Gasteiger partial charge in [0.2, 0.25) is 0 Å². The average Bonchev–Trinajstić information content (AvgIpc) is 2.35. The zero-order valence-electron chi connectivity index (χ0n) is 9.70. The van der Waals surface area contributed by atoms with Crippen LogP contribution < -0.4 is 5.73 Å². The maximum absolute atomic E-state index is 11.3. The van der Waals surface area contributed by atoms with Gasteiger partial charge < -0.3 is 15.2 Å². The van der Waals surface area contributed by atoms with Gasteiger partial charge in [0.1, 0.15) is 0 Å². The number of benzene rings is 1. The molecule has 0 aliphatic rings. The summed E-state index contributed by atoms with van der Waals surface area (Å²) in [7, 11) is 0. The molecule has 0 amide bonds. The number of nitrogens with zero attached hydrogens (tertiary/aromatic N) is 1. The average molecular weight is 254 g/mol. The second kappa shape index (κ2) is 7.36. The number of carbonyl (C=O) groups is 1. The number of nitrogens with two attached hydrogens (primary N) is 1. The fraction of sp³-hybridized carbons (Fsp3) is 0.364. The van der Waals surface area contributed by atoms with Crippen LogP contribution >= 0.6 is 0 Å². The van der Waals surface area contributed by atoms with E-state index in [2.05, 4.69) is 0 Å². The van der Waals surface area contributed by atoms with Crippen molar-refractivity contribution in [3.63, 3.8) is 0 Å². The number of rotatable bonds is 7. The SMILES string of the molecule is NCCOCOC(=O)Cc1ccc([N+](=O)[O-])cc1. The van der Waals surface area contributed by atoms with Crippen molar-refractivity contribution >= 4 is 11.7 Å². The molecule has 7 heteroatoms. The molecule has 7 nitrogen and oxygen atoms in total. The highest BCUT2D eigenvalue weighted by Crippen LogP contribution is 2.12. The molecule has 1 aromatic rings. The van der Waals surface area contributed by atoms with Crippen LogP contribution in [0.2, 0.25) is 0 Å². The molecule has 0 saturated carbocycles. The Morgan fingerprint density at radius 2 is 2.00 bits per heavy atom. The smallest absolute Gasteiger partial charge is 0.312 e. The van der Waals surface area contributed by atoms with Crippen molar-refractivity contribution < 1.29 is 19.2 Å². The quantitative estimate of drug-likeness (QED) is 0.251. The number of carbonyl (C=O) groups excluding carboxylic acids is 1. The Kier molecular flexibility index (Phi) is 5.75. The van der Waals surface area contributed by atoms with Crippen LogP contribution in [0.15, 0.2) is 24.3 Å². The lowest BCUT2D eigenvalue weighted by atomic mass is 10.1. The van der Waals surface area contributed by atoms with E-state index in [1.165, 1.54) is 24.3 Å². The minimum absolute atomic E-state index is 0.0154. The van der Waals surface area contributed by atoms with Crippen LogP contribution in [0.5, 0.6) is 0 Å². The zero-order chi connectivity index (χ0) is 13.4. The minimum Gasteiger partial charge on any atom is -0.438 e. The van der Waals surface area contributed by atoms with Gasteiger partial charge in [-0.15, -0.1) is 0 Å². The van der Waals surface area contributed by atoms with Crippen LogP contribution in [0.25, 0.3) is 0 Å². The second-order valence-corrected chi connectivity index (χ2v) is 3.43. The van der Waals surface area contributed by atoms with Crippen LogP contribution in [0, 0.1) is 10.1 Å². The number of nitro benzene ring substituents is 1. The van der Waals surface area contributed by atoms with Crippen LogP contribution in [0.4, 0.5) is 5.69 Å². The van der Waals surface area contributed by atoms with Gasteiger partial charge in [-0.05, 0) is 5.56 Å². The zero-order valence-corrected chi connectivity index (χ0v) is 9.70. The summed E-state index contributed by atoms with van der Waals surface area (Å²) >= 11 is 0. The van der Waals surface area contributed by atoms with Crippen molar-refractivity contribution in [3.8, 4) is 0 Å². The largest absolute Gasteiger partial charge is 0.438 e. The van der Waals surface area contributed by atoms with Crippen molar-refractivity contribution in [1.82, 2.24) is 0 Å². The van der Waals surface area contributed by atoms with E-state index in [0.29, 0.717) is 18.7 Å². The molecule has 98 valence electrons. The molecule has 2 N–H and O–H groups in total. The van der Waals surface area contributed by atoms with Gasteiger partial charge in [-0.3, -0.25) is 14.9 Å². The summed E-state index contributed by atoms with van der Waals surface area (Å²) in [5.41, 5.74) is 5.81. The standard InChI is InChI=1S/C11H14N2O5/c12-5-6-17-8-18-11(14)7-9-1-3-10(4-2-9)13(15)16/h1-4H,5-8,12H2. The van der Waals surface area contributed by atoms with Crippen LogP contribution in [0.3, 0.4) is 0 Å². The maximum Gasteiger partial charge on any atom is 0.312 e. The highest BCUT2D eigenvalue weighted by Gasteiger charge is 2.08. The molecule has 0 bridgehead atoms. The first-order chi connectivity index (χ1) is 8.63. The first-order valence-corrected chi connectivity index (χ1v) is 5.30. The van der Waals surface area contributed by atoms with Gasteiger partial charge in [-0.2, -0.15) is 0 Å². The molecule has 0 atom stereocenters. The van der Waals surface area contributed by atoms with E-state index in [-0.39, 0.29) is 18.9 Å². The van der Waals surface area contributed by atoms with Crippen LogP contribution in [0.1, 0.15) is 5.56 Å². The van der Waals surface area contributed by atoms with Crippen LogP contribution in [-0.2, 0) is 20.7 Å². The molecule has 0 aromatic heterocycles. The topological polar surface area (TPSA) is 105 Å². The fourth-order valence-electron chi connectivity index (χ4n) is 1.20. The van der Waals surface area contributed by atoms with Gasteiger partial charge in [0.15, 0.2) is 6.79 Å². The Balaban J connectivity index is 2.37. The fourth-order valence-corrected chi connectivity index (χ4v) is 1.20. The summed E-state index contributed by atoms with van der Waals surface area (Å²) in [6, 6.07) is 5.71. The van der Waals surface area contributed by atoms with E-state index in [9.17, 15) is 14.9 Å². The number of esters is 1. The number of hydrogen-bond donors (Lipinski definition) is 1. The summed E-state index contributed by atoms with van der Waals surface area (Å²) in [4.78, 5) is 21.3. The third-order valence-corrected chi connectivity index (χ3v) is 2.06. The van der Waals surface area contributed by atoms with Crippen LogP contribution in [-0.4, -0.2) is 30.8 Å². The van der Waals surface area contributed by atoms with Crippen molar-refractivity contribution in [2.24, 2.45) is 5.73 Å². The second-order valence-electron chi connectivity index (χ2n) is 3.43. The van der Waals surface area contributed by atoms with Crippen molar-refractivity contribution in [2.45, 2.75) is 6.42 Å². The molecular formula is C11H14N2O5. The van der Waals surface area contributed by atoms with Gasteiger partial charge in [0.05, 0.1) is 18.0 Å². The van der Waals surface area contributed by atoms with Gasteiger partial charge in [-0.25, -0.2) is 0 Å². The summed E-state index contributed by atoms with van der Waals surface area (Å²) in [5.74, 6) is -0.458. The van der Waals surface area contributed by atoms with Gasteiger partial charge in [0, 0.05) is 18.7 Å². The molecule has 0 heterocycles. The monoisotopic (exact) mass is 254 g/mol. The highest BCUT2D eigenvalue weighted by atomic mass is 16.7. The van der Waals surface area contributed by atoms with E-state index < -0.39 is 10.9 Å². The molecular weight excluding hydrogens is 240 g/mol. The minimum atomic E-state index is -0.497. The number of hydrogen-bond acceptors (Lipinski definition) is 6. The molecule has 0 unspecified atom stereocenters. The first kappa shape index (κ1) is 14.1. The van der Waals surface area contributed by atoms with Gasteiger partial charge in [0.25, 0.3) is 5.69 Å². The molecule has 0 aliphatic carbocycles. The summed E-state index contributed by atoms with van der Waals surface area (Å²) < 4.78 is 9.66. The first-order valence-electron chi connectivity index (χ1n) is 5.30. The van der Waals surface area contributed by atoms with E-state index in [4.69, 9.17) is 15.2 Å². The third-order valence-electron chi connectivity index (χ3n) is 2.06. The summed E-state index contributed by atoms with van der Waals surface area (Å²) in [6.07, 6.45) is 0.0456. The van der Waals surface area contributed by atoms with E-state index in [1.54, 1.807) is 0 Å². The van der Waals surface area contributed by atoms with E-state index >= 15 is 0 Å². The third kappa shape index (κ3) is 4.89. The lowest BCUT2D eigenvalue weighted by molar-refractivity contribution is -0.384. The van der Waals surface area contributed by atoms with E-state index in [0.717, 1.165) is 0 Å². The van der Waals surface area contributed by atoms with Crippen molar-refractivity contribution in [3.05, 3.63) is 39.9 Å². The Morgan fingerprint density at radius 1 is 1.33 bits per heavy atom. The normalized spacial score (nSPS) is 10.1. The Bertz CT molecular complexity index is 404. The molecule has 18 heavy (non-hydrogen) atoms. The number of ether oxygens (including phenoxy) is 2. The molecule has 0 aliphatic heterocycles. The molecule has 0 fully saturated rings. The molecule has 0 spiro atoms. The predicted octanol–water partition coefficient (Wildman–Crippen LogP) is 0.613. The highest BCUT2D eigenvalue weighted by molar-refractivity contribution is 5.72.